The highest BCUT2D eigenvalue weighted by atomic mass is 16.5. The lowest BCUT2D eigenvalue weighted by Gasteiger charge is -2.25. The van der Waals surface area contributed by atoms with Crippen LogP contribution in [0.5, 0.6) is 0 Å². The molecular weight excluding hydrogens is 257 g/mol. The van der Waals surface area contributed by atoms with Crippen LogP contribution in [-0.4, -0.2) is 61.3 Å². The number of allylic oxidation sites excluding steroid dienone is 3. The maximum atomic E-state index is 9.38. The van der Waals surface area contributed by atoms with Crippen LogP contribution >= 0.6 is 0 Å². The van der Waals surface area contributed by atoms with E-state index < -0.39 is 7.12 Å². The summed E-state index contributed by atoms with van der Waals surface area (Å²) in [7, 11) is 3.66. The molecule has 0 saturated heterocycles. The van der Waals surface area contributed by atoms with E-state index >= 15 is 0 Å². The molecule has 6 nitrogen and oxygen atoms in total. The topological polar surface area (TPSA) is 68.5 Å². The van der Waals surface area contributed by atoms with Gasteiger partial charge in [-0.25, -0.2) is 5.01 Å². The zero-order valence-electron chi connectivity index (χ0n) is 12.9. The van der Waals surface area contributed by atoms with Gasteiger partial charge in [0.25, 0.3) is 0 Å². The highest BCUT2D eigenvalue weighted by Crippen LogP contribution is 2.12. The van der Waals surface area contributed by atoms with Crippen molar-refractivity contribution in [3.63, 3.8) is 0 Å². The van der Waals surface area contributed by atoms with Crippen molar-refractivity contribution < 1.29 is 14.8 Å². The summed E-state index contributed by atoms with van der Waals surface area (Å²) in [4.78, 5) is 0. The lowest BCUT2D eigenvalue weighted by Crippen LogP contribution is -2.30. The minimum Gasteiger partial charge on any atom is -0.423 e. The molecule has 0 unspecified atom stereocenters. The Morgan fingerprint density at radius 1 is 1.35 bits per heavy atom. The molecule has 0 amide bonds. The Kier molecular flexibility index (Phi) is 8.82. The quantitative estimate of drug-likeness (QED) is 0.298. The number of methoxy groups -OCH3 is 1. The van der Waals surface area contributed by atoms with Crippen LogP contribution in [0, 0.1) is 0 Å². The summed E-state index contributed by atoms with van der Waals surface area (Å²) in [5.41, 5.74) is 1.71. The fraction of sp³-hybridized carbons (Fsp3) is 0.462. The number of hydrazone groups is 1. The first kappa shape index (κ1) is 18.6. The van der Waals surface area contributed by atoms with Gasteiger partial charge in [0.1, 0.15) is 0 Å². The van der Waals surface area contributed by atoms with E-state index in [9.17, 15) is 10.0 Å². The van der Waals surface area contributed by atoms with E-state index in [1.807, 2.05) is 14.1 Å². The van der Waals surface area contributed by atoms with Gasteiger partial charge >= 0.3 is 7.12 Å². The minimum atomic E-state index is -1.56. The molecule has 0 bridgehead atoms. The summed E-state index contributed by atoms with van der Waals surface area (Å²) in [5.74, 6) is 0. The molecule has 0 fully saturated rings. The zero-order chi connectivity index (χ0) is 15.7. The van der Waals surface area contributed by atoms with Crippen molar-refractivity contribution in [1.82, 2.24) is 10.1 Å². The summed E-state index contributed by atoms with van der Waals surface area (Å²) in [6, 6.07) is 0. The molecule has 2 N–H and O–H groups in total. The Bertz CT molecular complexity index is 404. The summed E-state index contributed by atoms with van der Waals surface area (Å²) in [5, 5.41) is 26.3. The van der Waals surface area contributed by atoms with Crippen LogP contribution in [-0.2, 0) is 4.74 Å². The number of hydrazine groups is 1. The van der Waals surface area contributed by atoms with E-state index in [4.69, 9.17) is 4.74 Å². The number of hydrogen-bond acceptors (Lipinski definition) is 6. The average Bonchev–Trinajstić information content (AvgIpc) is 2.35. The Morgan fingerprint density at radius 3 is 2.35 bits per heavy atom. The van der Waals surface area contributed by atoms with Crippen molar-refractivity contribution in [1.29, 1.82) is 0 Å². The SMILES string of the molecule is C=C(/C=C\C(B(O)O)=C(/C)COC)N(/N=C\C)N(C)C. The van der Waals surface area contributed by atoms with Crippen molar-refractivity contribution in [2.75, 3.05) is 27.8 Å². The maximum Gasteiger partial charge on any atom is 0.488 e. The summed E-state index contributed by atoms with van der Waals surface area (Å²) in [6.45, 7) is 7.81. The van der Waals surface area contributed by atoms with E-state index in [1.165, 1.54) is 0 Å². The molecule has 20 heavy (non-hydrogen) atoms. The van der Waals surface area contributed by atoms with E-state index in [0.717, 1.165) is 5.57 Å². The van der Waals surface area contributed by atoms with Gasteiger partial charge in [-0.3, -0.25) is 0 Å². The largest absolute Gasteiger partial charge is 0.488 e. The van der Waals surface area contributed by atoms with Crippen molar-refractivity contribution in [3.8, 4) is 0 Å². The predicted molar refractivity (Wildman–Crippen MR) is 82.7 cm³/mol. The van der Waals surface area contributed by atoms with Crippen LogP contribution in [0.2, 0.25) is 0 Å². The van der Waals surface area contributed by atoms with E-state index in [2.05, 4.69) is 11.7 Å². The van der Waals surface area contributed by atoms with Gasteiger partial charge in [-0.15, -0.1) is 0 Å². The van der Waals surface area contributed by atoms with Gasteiger partial charge in [-0.05, 0) is 31.0 Å². The first-order valence-corrected chi connectivity index (χ1v) is 6.22. The molecule has 0 aromatic carbocycles. The fourth-order valence-electron chi connectivity index (χ4n) is 1.54. The third kappa shape index (κ3) is 6.16. The Labute approximate surface area is 121 Å². The summed E-state index contributed by atoms with van der Waals surface area (Å²) >= 11 is 0. The van der Waals surface area contributed by atoms with Crippen LogP contribution in [0.3, 0.4) is 0 Å². The van der Waals surface area contributed by atoms with Gasteiger partial charge in [-0.1, -0.05) is 12.7 Å². The van der Waals surface area contributed by atoms with Crippen LogP contribution in [0.15, 0.2) is 40.6 Å². The molecule has 0 atom stereocenters. The van der Waals surface area contributed by atoms with Crippen LogP contribution in [0.1, 0.15) is 13.8 Å². The van der Waals surface area contributed by atoms with Crippen molar-refractivity contribution in [2.24, 2.45) is 5.10 Å². The monoisotopic (exact) mass is 281 g/mol. The molecule has 7 heteroatoms. The van der Waals surface area contributed by atoms with Crippen molar-refractivity contribution in [3.05, 3.63) is 35.5 Å². The number of ether oxygens (including phenoxy) is 1. The Morgan fingerprint density at radius 2 is 1.95 bits per heavy atom. The number of nitrogens with zero attached hydrogens (tertiary/aromatic N) is 3. The number of hydrogen-bond donors (Lipinski definition) is 2. The third-order valence-corrected chi connectivity index (χ3v) is 2.45. The molecule has 0 radical (unpaired) electrons. The molecule has 0 heterocycles. The van der Waals surface area contributed by atoms with Gasteiger partial charge in [0, 0.05) is 27.4 Å². The van der Waals surface area contributed by atoms with Gasteiger partial charge in [0.2, 0.25) is 0 Å². The molecule has 0 aliphatic heterocycles. The van der Waals surface area contributed by atoms with Gasteiger partial charge in [0.05, 0.1) is 12.3 Å². The molecule has 0 aliphatic carbocycles. The molecule has 0 rings (SSSR count). The maximum absolute atomic E-state index is 9.38. The molecule has 0 aromatic heterocycles. The van der Waals surface area contributed by atoms with Gasteiger partial charge in [-0.2, -0.15) is 10.2 Å². The van der Waals surface area contributed by atoms with Gasteiger partial charge < -0.3 is 14.8 Å². The molecule has 112 valence electrons. The summed E-state index contributed by atoms with van der Waals surface area (Å²) in [6.07, 6.45) is 4.91. The fourth-order valence-corrected chi connectivity index (χ4v) is 1.54. The Balaban J connectivity index is 5.14. The first-order valence-electron chi connectivity index (χ1n) is 6.22. The highest BCUT2D eigenvalue weighted by molar-refractivity contribution is 6.52. The normalized spacial score (nSPS) is 13.2. The van der Waals surface area contributed by atoms with E-state index in [-0.39, 0.29) is 0 Å². The molecule has 0 saturated carbocycles. The van der Waals surface area contributed by atoms with Crippen LogP contribution in [0.4, 0.5) is 0 Å². The molecule has 0 spiro atoms. The van der Waals surface area contributed by atoms with Crippen LogP contribution in [0.25, 0.3) is 0 Å². The highest BCUT2D eigenvalue weighted by Gasteiger charge is 2.15. The molecular formula is C13H24BN3O3. The zero-order valence-corrected chi connectivity index (χ0v) is 12.9. The number of rotatable bonds is 8. The average molecular weight is 281 g/mol. The molecule has 0 aromatic rings. The second-order valence-corrected chi connectivity index (χ2v) is 4.38. The smallest absolute Gasteiger partial charge is 0.423 e. The van der Waals surface area contributed by atoms with E-state index in [0.29, 0.717) is 17.8 Å². The van der Waals surface area contributed by atoms with Gasteiger partial charge in [0.15, 0.2) is 0 Å². The van der Waals surface area contributed by atoms with E-state index in [1.54, 1.807) is 49.5 Å². The second kappa shape index (κ2) is 9.49. The molecule has 0 aliphatic rings. The van der Waals surface area contributed by atoms with Crippen molar-refractivity contribution >= 4 is 13.3 Å². The first-order chi connectivity index (χ1) is 9.34. The third-order valence-electron chi connectivity index (χ3n) is 2.45. The summed E-state index contributed by atoms with van der Waals surface area (Å²) < 4.78 is 4.99. The second-order valence-electron chi connectivity index (χ2n) is 4.38. The lowest BCUT2D eigenvalue weighted by molar-refractivity contribution is 0.0761. The Hall–Kier alpha value is -1.41. The standard InChI is InChI=1S/C13H24BN3O3/c1-7-15-17(16(4)5)12(3)8-9-13(14(18)19)11(2)10-20-6/h7-9,18-19H,3,10H2,1-2,4-6H3/b9-8-,13-11-,15-7-. The van der Waals surface area contributed by atoms with Crippen molar-refractivity contribution in [2.45, 2.75) is 13.8 Å². The van der Waals surface area contributed by atoms with Crippen LogP contribution < -0.4 is 0 Å². The predicted octanol–water partition coefficient (Wildman–Crippen LogP) is 0.815. The minimum absolute atomic E-state index is 0.328. The lowest BCUT2D eigenvalue weighted by atomic mass is 9.76.